The van der Waals surface area contributed by atoms with Gasteiger partial charge in [-0.05, 0) is 37.6 Å². The highest BCUT2D eigenvalue weighted by Gasteiger charge is 2.07. The molecular formula is C15H19N5S. The molecule has 110 valence electrons. The van der Waals surface area contributed by atoms with Crippen molar-refractivity contribution in [3.05, 3.63) is 36.2 Å². The highest BCUT2D eigenvalue weighted by Crippen LogP contribution is 2.24. The number of nitrogens with one attached hydrogen (secondary N) is 1. The molecule has 2 aromatic heterocycles. The van der Waals surface area contributed by atoms with E-state index in [9.17, 15) is 0 Å². The van der Waals surface area contributed by atoms with Crippen LogP contribution in [0.15, 0.2) is 35.6 Å². The second-order valence-electron chi connectivity index (χ2n) is 5.15. The van der Waals surface area contributed by atoms with Crippen molar-refractivity contribution in [1.82, 2.24) is 19.7 Å². The summed E-state index contributed by atoms with van der Waals surface area (Å²) in [7, 11) is 0. The highest BCUT2D eigenvalue weighted by atomic mass is 32.2. The number of benzene rings is 1. The molecule has 0 aliphatic rings. The first-order valence-electron chi connectivity index (χ1n) is 7.07. The minimum absolute atomic E-state index is 0.443. The maximum Gasteiger partial charge on any atom is 0.166 e. The third-order valence-corrected chi connectivity index (χ3v) is 4.45. The van der Waals surface area contributed by atoms with E-state index in [4.69, 9.17) is 5.73 Å². The largest absolute Gasteiger partial charge is 0.399 e. The Morgan fingerprint density at radius 2 is 2.24 bits per heavy atom. The van der Waals surface area contributed by atoms with E-state index in [2.05, 4.69) is 35.0 Å². The number of hydrogen-bond donors (Lipinski definition) is 2. The predicted octanol–water partition coefficient (Wildman–Crippen LogP) is 3.60. The number of hydrogen-bond acceptors (Lipinski definition) is 4. The Morgan fingerprint density at radius 3 is 3.05 bits per heavy atom. The summed E-state index contributed by atoms with van der Waals surface area (Å²) in [5.74, 6) is 0.804. The smallest absolute Gasteiger partial charge is 0.166 e. The summed E-state index contributed by atoms with van der Waals surface area (Å²) in [5.41, 5.74) is 9.51. The average Bonchev–Trinajstić information content (AvgIpc) is 3.10. The van der Waals surface area contributed by atoms with Crippen molar-refractivity contribution in [3.63, 3.8) is 0 Å². The molecule has 5 nitrogen and oxygen atoms in total. The maximum atomic E-state index is 5.78. The van der Waals surface area contributed by atoms with E-state index in [0.29, 0.717) is 6.04 Å². The van der Waals surface area contributed by atoms with Crippen molar-refractivity contribution in [1.29, 1.82) is 0 Å². The summed E-state index contributed by atoms with van der Waals surface area (Å²) in [6, 6.07) is 8.22. The number of rotatable bonds is 5. The fourth-order valence-corrected chi connectivity index (χ4v) is 2.88. The van der Waals surface area contributed by atoms with Crippen molar-refractivity contribution in [2.45, 2.75) is 37.2 Å². The lowest BCUT2D eigenvalue weighted by molar-refractivity contribution is 0.475. The molecule has 1 unspecified atom stereocenters. The molecule has 0 amide bonds. The van der Waals surface area contributed by atoms with Crippen LogP contribution in [0.2, 0.25) is 0 Å². The molecule has 2 heterocycles. The van der Waals surface area contributed by atoms with Gasteiger partial charge in [-0.25, -0.2) is 4.98 Å². The number of imidazole rings is 1. The first kappa shape index (κ1) is 14.0. The van der Waals surface area contributed by atoms with Gasteiger partial charge >= 0.3 is 0 Å². The molecule has 1 atom stereocenters. The fourth-order valence-electron chi connectivity index (χ4n) is 2.10. The number of aromatic nitrogens is 4. The second kappa shape index (κ2) is 5.81. The number of nitrogen functional groups attached to an aromatic ring is 1. The molecule has 1 aromatic carbocycles. The van der Waals surface area contributed by atoms with Crippen molar-refractivity contribution >= 4 is 28.5 Å². The van der Waals surface area contributed by atoms with E-state index in [1.54, 1.807) is 11.8 Å². The summed E-state index contributed by atoms with van der Waals surface area (Å²) in [6.45, 7) is 4.34. The van der Waals surface area contributed by atoms with Crippen LogP contribution in [0.1, 0.15) is 32.0 Å². The van der Waals surface area contributed by atoms with Gasteiger partial charge in [-0.3, -0.25) is 4.68 Å². The van der Waals surface area contributed by atoms with Crippen LogP contribution >= 0.6 is 11.8 Å². The zero-order valence-electron chi connectivity index (χ0n) is 12.2. The molecular weight excluding hydrogens is 282 g/mol. The van der Waals surface area contributed by atoms with E-state index in [-0.39, 0.29) is 0 Å². The van der Waals surface area contributed by atoms with Crippen LogP contribution in [0, 0.1) is 0 Å². The summed E-state index contributed by atoms with van der Waals surface area (Å²) in [4.78, 5) is 7.83. The van der Waals surface area contributed by atoms with Crippen LogP contribution < -0.4 is 5.73 Å². The number of H-pyrrole nitrogens is 1. The zero-order chi connectivity index (χ0) is 14.8. The molecule has 0 radical (unpaired) electrons. The van der Waals surface area contributed by atoms with E-state index in [1.807, 2.05) is 29.1 Å². The normalized spacial score (nSPS) is 12.9. The average molecular weight is 301 g/mol. The molecule has 3 N–H and O–H groups in total. The van der Waals surface area contributed by atoms with Gasteiger partial charge in [-0.1, -0.05) is 18.7 Å². The highest BCUT2D eigenvalue weighted by molar-refractivity contribution is 7.98. The van der Waals surface area contributed by atoms with Gasteiger partial charge < -0.3 is 10.7 Å². The number of nitrogens with zero attached hydrogens (tertiary/aromatic N) is 3. The molecule has 21 heavy (non-hydrogen) atoms. The van der Waals surface area contributed by atoms with Gasteiger partial charge in [0, 0.05) is 23.7 Å². The van der Waals surface area contributed by atoms with Crippen LogP contribution in [0.3, 0.4) is 0 Å². The Labute approximate surface area is 127 Å². The van der Waals surface area contributed by atoms with Crippen LogP contribution in [0.25, 0.3) is 11.0 Å². The SMILES string of the molecule is CCC(C)n1ccc(CSc2nc3ccc(N)cc3[nH]2)n1. The Bertz CT molecular complexity index is 745. The minimum Gasteiger partial charge on any atom is -0.399 e. The van der Waals surface area contributed by atoms with Gasteiger partial charge in [-0.15, -0.1) is 0 Å². The maximum absolute atomic E-state index is 5.78. The van der Waals surface area contributed by atoms with Crippen LogP contribution in [0.4, 0.5) is 5.69 Å². The molecule has 0 fully saturated rings. The van der Waals surface area contributed by atoms with Crippen molar-refractivity contribution in [2.75, 3.05) is 5.73 Å². The Hall–Kier alpha value is -1.95. The number of thioether (sulfide) groups is 1. The first-order chi connectivity index (χ1) is 10.2. The van der Waals surface area contributed by atoms with E-state index in [1.165, 1.54) is 0 Å². The molecule has 0 spiro atoms. The van der Waals surface area contributed by atoms with Crippen molar-refractivity contribution in [3.8, 4) is 0 Å². The third kappa shape index (κ3) is 3.05. The first-order valence-corrected chi connectivity index (χ1v) is 8.06. The van der Waals surface area contributed by atoms with Gasteiger partial charge in [0.1, 0.15) is 0 Å². The summed E-state index contributed by atoms with van der Waals surface area (Å²) in [5, 5.41) is 5.50. The summed E-state index contributed by atoms with van der Waals surface area (Å²) in [6.07, 6.45) is 3.13. The number of aromatic amines is 1. The molecule has 0 saturated carbocycles. The zero-order valence-corrected chi connectivity index (χ0v) is 13.0. The van der Waals surface area contributed by atoms with Crippen molar-refractivity contribution < 1.29 is 0 Å². The van der Waals surface area contributed by atoms with Gasteiger partial charge in [0.2, 0.25) is 0 Å². The van der Waals surface area contributed by atoms with Gasteiger partial charge in [0.05, 0.1) is 16.7 Å². The minimum atomic E-state index is 0.443. The molecule has 0 saturated heterocycles. The van der Waals surface area contributed by atoms with Crippen LogP contribution in [0.5, 0.6) is 0 Å². The van der Waals surface area contributed by atoms with Crippen LogP contribution in [-0.4, -0.2) is 19.7 Å². The lowest BCUT2D eigenvalue weighted by Crippen LogP contribution is -2.04. The number of fused-ring (bicyclic) bond motifs is 1. The standard InChI is InChI=1S/C15H19N5S/c1-3-10(2)20-7-6-12(19-20)9-21-15-17-13-5-4-11(16)8-14(13)18-15/h4-8,10H,3,9,16H2,1-2H3,(H,17,18). The van der Waals surface area contributed by atoms with Gasteiger partial charge in [0.15, 0.2) is 5.16 Å². The number of anilines is 1. The van der Waals surface area contributed by atoms with Crippen molar-refractivity contribution in [2.24, 2.45) is 0 Å². The van der Waals surface area contributed by atoms with E-state index >= 15 is 0 Å². The molecule has 0 aliphatic heterocycles. The van der Waals surface area contributed by atoms with E-state index in [0.717, 1.165) is 39.7 Å². The lowest BCUT2D eigenvalue weighted by atomic mass is 10.3. The summed E-state index contributed by atoms with van der Waals surface area (Å²) < 4.78 is 2.02. The lowest BCUT2D eigenvalue weighted by Gasteiger charge is -2.07. The number of nitrogens with two attached hydrogens (primary N) is 1. The molecule has 3 aromatic rings. The molecule has 3 rings (SSSR count). The monoisotopic (exact) mass is 301 g/mol. The van der Waals surface area contributed by atoms with Crippen LogP contribution in [-0.2, 0) is 5.75 Å². The topological polar surface area (TPSA) is 72.5 Å². The van der Waals surface area contributed by atoms with E-state index < -0.39 is 0 Å². The fraction of sp³-hybridized carbons (Fsp3) is 0.333. The van der Waals surface area contributed by atoms with Gasteiger partial charge in [-0.2, -0.15) is 5.10 Å². The predicted molar refractivity (Wildman–Crippen MR) is 87.3 cm³/mol. The third-order valence-electron chi connectivity index (χ3n) is 3.55. The molecule has 0 aliphatic carbocycles. The molecule has 0 bridgehead atoms. The second-order valence-corrected chi connectivity index (χ2v) is 6.12. The Kier molecular flexibility index (Phi) is 3.88. The molecule has 6 heteroatoms. The van der Waals surface area contributed by atoms with Gasteiger partial charge in [0.25, 0.3) is 0 Å². The Balaban J connectivity index is 1.69. The quantitative estimate of drug-likeness (QED) is 0.558. The summed E-state index contributed by atoms with van der Waals surface area (Å²) >= 11 is 1.65. The Morgan fingerprint density at radius 1 is 1.38 bits per heavy atom.